The molecule has 0 spiro atoms. The van der Waals surface area contributed by atoms with E-state index in [0.717, 1.165) is 0 Å². The first-order valence-corrected chi connectivity index (χ1v) is 5.29. The van der Waals surface area contributed by atoms with Gasteiger partial charge in [0.2, 0.25) is 0 Å². The molecule has 0 bridgehead atoms. The van der Waals surface area contributed by atoms with Crippen molar-refractivity contribution in [1.29, 1.82) is 0 Å². The summed E-state index contributed by atoms with van der Waals surface area (Å²) in [5.41, 5.74) is 0.489. The molecule has 0 fully saturated rings. The number of H-pyrrole nitrogens is 1. The van der Waals surface area contributed by atoms with E-state index in [1.54, 1.807) is 18.2 Å². The van der Waals surface area contributed by atoms with Crippen molar-refractivity contribution in [1.82, 2.24) is 9.97 Å². The molecule has 2 rings (SSSR count). The molecule has 1 heterocycles. The van der Waals surface area contributed by atoms with Gasteiger partial charge in [-0.25, -0.2) is 4.98 Å². The first kappa shape index (κ1) is 11.6. The molecule has 6 heteroatoms. The summed E-state index contributed by atoms with van der Waals surface area (Å²) in [7, 11) is 0. The number of halogens is 1. The molecule has 1 aromatic carbocycles. The van der Waals surface area contributed by atoms with E-state index in [1.165, 1.54) is 6.92 Å². The van der Waals surface area contributed by atoms with E-state index in [2.05, 4.69) is 9.97 Å². The fourth-order valence-corrected chi connectivity index (χ4v) is 1.66. The van der Waals surface area contributed by atoms with Gasteiger partial charge in [-0.15, -0.1) is 0 Å². The van der Waals surface area contributed by atoms with E-state index in [-0.39, 0.29) is 5.69 Å². The van der Waals surface area contributed by atoms with Crippen LogP contribution in [0.3, 0.4) is 0 Å². The molecule has 1 aromatic heterocycles. The molecule has 88 valence electrons. The highest BCUT2D eigenvalue weighted by Crippen LogP contribution is 2.17. The third-order valence-corrected chi connectivity index (χ3v) is 2.70. The largest absolute Gasteiger partial charge is 0.481 e. The standard InChI is InChI=1S/C11H9ClN2O3/c1-5(11(16)17)9-10(15)14-8-4-6(12)2-3-7(8)13-9/h2-5H,1H3,(H,14,15)(H,16,17). The molecule has 2 N–H and O–H groups in total. The zero-order chi connectivity index (χ0) is 12.6. The zero-order valence-corrected chi connectivity index (χ0v) is 9.65. The average Bonchev–Trinajstić information content (AvgIpc) is 2.27. The third-order valence-electron chi connectivity index (χ3n) is 2.46. The number of carboxylic acids is 1. The lowest BCUT2D eigenvalue weighted by molar-refractivity contribution is -0.138. The predicted octanol–water partition coefficient (Wildman–Crippen LogP) is 1.76. The number of fused-ring (bicyclic) bond motifs is 1. The van der Waals surface area contributed by atoms with Gasteiger partial charge in [-0.05, 0) is 25.1 Å². The monoisotopic (exact) mass is 252 g/mol. The topological polar surface area (TPSA) is 83.0 Å². The minimum Gasteiger partial charge on any atom is -0.481 e. The molecular formula is C11H9ClN2O3. The molecule has 0 amide bonds. The second-order valence-electron chi connectivity index (χ2n) is 3.67. The molecule has 0 saturated carbocycles. The van der Waals surface area contributed by atoms with Crippen LogP contribution in [0.1, 0.15) is 18.5 Å². The summed E-state index contributed by atoms with van der Waals surface area (Å²) in [5.74, 6) is -2.03. The number of rotatable bonds is 2. The molecule has 0 aliphatic carbocycles. The Morgan fingerprint density at radius 1 is 1.53 bits per heavy atom. The van der Waals surface area contributed by atoms with Crippen LogP contribution < -0.4 is 5.56 Å². The number of aromatic amines is 1. The summed E-state index contributed by atoms with van der Waals surface area (Å²) in [6.45, 7) is 1.42. The zero-order valence-electron chi connectivity index (χ0n) is 8.90. The van der Waals surface area contributed by atoms with Crippen molar-refractivity contribution in [2.75, 3.05) is 0 Å². The van der Waals surface area contributed by atoms with Crippen molar-refractivity contribution in [3.8, 4) is 0 Å². The third kappa shape index (κ3) is 2.14. The van der Waals surface area contributed by atoms with Crippen LogP contribution in [0.5, 0.6) is 0 Å². The number of benzene rings is 1. The van der Waals surface area contributed by atoms with Crippen molar-refractivity contribution < 1.29 is 9.90 Å². The van der Waals surface area contributed by atoms with Crippen LogP contribution in [-0.2, 0) is 4.79 Å². The van der Waals surface area contributed by atoms with E-state index < -0.39 is 17.4 Å². The highest BCUT2D eigenvalue weighted by molar-refractivity contribution is 6.31. The summed E-state index contributed by atoms with van der Waals surface area (Å²) in [4.78, 5) is 29.1. The predicted molar refractivity (Wildman–Crippen MR) is 63.4 cm³/mol. The van der Waals surface area contributed by atoms with Crippen LogP contribution >= 0.6 is 11.6 Å². The molecule has 0 aliphatic heterocycles. The molecule has 0 saturated heterocycles. The van der Waals surface area contributed by atoms with Gasteiger partial charge in [0.05, 0.1) is 11.0 Å². The van der Waals surface area contributed by atoms with Crippen LogP contribution in [0.25, 0.3) is 11.0 Å². The number of hydrogen-bond donors (Lipinski definition) is 2. The maximum Gasteiger partial charge on any atom is 0.312 e. The Hall–Kier alpha value is -1.88. The molecule has 5 nitrogen and oxygen atoms in total. The van der Waals surface area contributed by atoms with Crippen LogP contribution in [-0.4, -0.2) is 21.0 Å². The highest BCUT2D eigenvalue weighted by atomic mass is 35.5. The number of carboxylic acid groups (broad SMARTS) is 1. The number of nitrogens with zero attached hydrogens (tertiary/aromatic N) is 1. The van der Waals surface area contributed by atoms with Gasteiger partial charge in [-0.3, -0.25) is 9.59 Å². The van der Waals surface area contributed by atoms with Crippen molar-refractivity contribution in [3.63, 3.8) is 0 Å². The summed E-state index contributed by atoms with van der Waals surface area (Å²) in [5, 5.41) is 9.34. The molecule has 1 unspecified atom stereocenters. The first-order chi connectivity index (χ1) is 7.99. The van der Waals surface area contributed by atoms with Gasteiger partial charge >= 0.3 is 5.97 Å². The van der Waals surface area contributed by atoms with Crippen LogP contribution in [0.15, 0.2) is 23.0 Å². The Labute approximate surface area is 101 Å². The van der Waals surface area contributed by atoms with Gasteiger partial charge in [0, 0.05) is 5.02 Å². The number of hydrogen-bond acceptors (Lipinski definition) is 3. The van der Waals surface area contributed by atoms with Gasteiger partial charge in [-0.2, -0.15) is 0 Å². The van der Waals surface area contributed by atoms with Crippen molar-refractivity contribution >= 4 is 28.6 Å². The maximum atomic E-state index is 11.7. The number of nitrogens with one attached hydrogen (secondary N) is 1. The second kappa shape index (κ2) is 4.18. The van der Waals surface area contributed by atoms with Gasteiger partial charge in [0.25, 0.3) is 5.56 Å². The van der Waals surface area contributed by atoms with Crippen molar-refractivity contribution in [2.24, 2.45) is 0 Å². The second-order valence-corrected chi connectivity index (χ2v) is 4.11. The van der Waals surface area contributed by atoms with Gasteiger partial charge in [0.1, 0.15) is 11.6 Å². The lowest BCUT2D eigenvalue weighted by atomic mass is 10.1. The highest BCUT2D eigenvalue weighted by Gasteiger charge is 2.19. The fraction of sp³-hybridized carbons (Fsp3) is 0.182. The maximum absolute atomic E-state index is 11.7. The Kier molecular flexibility index (Phi) is 2.85. The molecule has 0 radical (unpaired) electrons. The molecule has 2 aromatic rings. The molecule has 1 atom stereocenters. The number of aromatic nitrogens is 2. The minimum absolute atomic E-state index is 0.00711. The summed E-state index contributed by atoms with van der Waals surface area (Å²) < 4.78 is 0. The van der Waals surface area contributed by atoms with E-state index >= 15 is 0 Å². The van der Waals surface area contributed by atoms with Crippen molar-refractivity contribution in [2.45, 2.75) is 12.8 Å². The Morgan fingerprint density at radius 3 is 2.88 bits per heavy atom. The van der Waals surface area contributed by atoms with Crippen LogP contribution in [0.2, 0.25) is 5.02 Å². The Balaban J connectivity index is 2.68. The normalized spacial score (nSPS) is 12.6. The summed E-state index contributed by atoms with van der Waals surface area (Å²) in [6, 6.07) is 4.83. The van der Waals surface area contributed by atoms with E-state index in [9.17, 15) is 9.59 Å². The van der Waals surface area contributed by atoms with Crippen molar-refractivity contribution in [3.05, 3.63) is 39.3 Å². The number of aliphatic carboxylic acids is 1. The smallest absolute Gasteiger partial charge is 0.312 e. The number of carbonyl (C=O) groups is 1. The summed E-state index contributed by atoms with van der Waals surface area (Å²) in [6.07, 6.45) is 0. The summed E-state index contributed by atoms with van der Waals surface area (Å²) >= 11 is 5.78. The van der Waals surface area contributed by atoms with Gasteiger partial charge in [-0.1, -0.05) is 11.6 Å². The average molecular weight is 253 g/mol. The van der Waals surface area contributed by atoms with Gasteiger partial charge < -0.3 is 10.1 Å². The SMILES string of the molecule is CC(C(=O)O)c1nc2ccc(Cl)cc2[nH]c1=O. The van der Waals surface area contributed by atoms with Gasteiger partial charge in [0.15, 0.2) is 0 Å². The van der Waals surface area contributed by atoms with E-state index in [0.29, 0.717) is 16.1 Å². The lowest BCUT2D eigenvalue weighted by Gasteiger charge is -2.06. The minimum atomic E-state index is -1.09. The quantitative estimate of drug-likeness (QED) is 0.853. The first-order valence-electron chi connectivity index (χ1n) is 4.91. The lowest BCUT2D eigenvalue weighted by Crippen LogP contribution is -2.22. The Morgan fingerprint density at radius 2 is 2.24 bits per heavy atom. The van der Waals surface area contributed by atoms with Crippen LogP contribution in [0.4, 0.5) is 0 Å². The Bertz CT molecular complexity index is 651. The van der Waals surface area contributed by atoms with E-state index in [1.807, 2.05) is 0 Å². The van der Waals surface area contributed by atoms with E-state index in [4.69, 9.17) is 16.7 Å². The van der Waals surface area contributed by atoms with Crippen LogP contribution in [0, 0.1) is 0 Å². The molecule has 17 heavy (non-hydrogen) atoms. The molecular weight excluding hydrogens is 244 g/mol. The molecule has 0 aliphatic rings. The fourth-order valence-electron chi connectivity index (χ4n) is 1.48.